The van der Waals surface area contributed by atoms with Crippen molar-refractivity contribution in [1.82, 2.24) is 9.97 Å². The van der Waals surface area contributed by atoms with Gasteiger partial charge < -0.3 is 10.1 Å². The summed E-state index contributed by atoms with van der Waals surface area (Å²) in [6.45, 7) is 0. The van der Waals surface area contributed by atoms with Gasteiger partial charge in [0.05, 0.1) is 19.5 Å². The van der Waals surface area contributed by atoms with E-state index in [1.165, 1.54) is 18.0 Å². The van der Waals surface area contributed by atoms with Gasteiger partial charge in [0, 0.05) is 10.4 Å². The average Bonchev–Trinajstić information content (AvgIpc) is 2.94. The van der Waals surface area contributed by atoms with Gasteiger partial charge in [-0.2, -0.15) is 0 Å². The Kier molecular flexibility index (Phi) is 3.30. The van der Waals surface area contributed by atoms with Crippen LogP contribution in [0, 0.1) is 0 Å². The minimum absolute atomic E-state index is 0.175. The molecular formula is C14H11N3O2S. The van der Waals surface area contributed by atoms with Crippen LogP contribution in [0.3, 0.4) is 0 Å². The van der Waals surface area contributed by atoms with Crippen molar-refractivity contribution >= 4 is 38.9 Å². The van der Waals surface area contributed by atoms with Crippen LogP contribution in [0.4, 0.5) is 11.5 Å². The van der Waals surface area contributed by atoms with Crippen molar-refractivity contribution in [1.29, 1.82) is 0 Å². The van der Waals surface area contributed by atoms with Gasteiger partial charge in [0.25, 0.3) is 0 Å². The second kappa shape index (κ2) is 5.26. The Labute approximate surface area is 119 Å². The maximum Gasteiger partial charge on any atom is 0.358 e. The molecule has 1 aromatic carbocycles. The molecule has 0 saturated carbocycles. The van der Waals surface area contributed by atoms with Crippen LogP contribution in [-0.4, -0.2) is 23.0 Å². The summed E-state index contributed by atoms with van der Waals surface area (Å²) in [5.41, 5.74) is 1.07. The molecule has 20 heavy (non-hydrogen) atoms. The van der Waals surface area contributed by atoms with Crippen LogP contribution in [-0.2, 0) is 4.74 Å². The van der Waals surface area contributed by atoms with Crippen molar-refractivity contribution in [2.75, 3.05) is 12.4 Å². The zero-order valence-electron chi connectivity index (χ0n) is 10.7. The van der Waals surface area contributed by atoms with E-state index in [0.717, 1.165) is 11.1 Å². The van der Waals surface area contributed by atoms with E-state index in [-0.39, 0.29) is 5.69 Å². The molecule has 5 nitrogen and oxygen atoms in total. The minimum atomic E-state index is -0.505. The van der Waals surface area contributed by atoms with Gasteiger partial charge in [0.15, 0.2) is 5.69 Å². The standard InChI is InChI=1S/C14H11N3O2S/c1-19-14(18)11-7-15-8-13(17-11)16-10-2-3-12-9(6-10)4-5-20-12/h2-8H,1H3,(H,16,17). The highest BCUT2D eigenvalue weighted by Gasteiger charge is 2.08. The number of hydrogen-bond acceptors (Lipinski definition) is 6. The van der Waals surface area contributed by atoms with E-state index in [1.807, 2.05) is 23.6 Å². The first kappa shape index (κ1) is 12.6. The molecular weight excluding hydrogens is 274 g/mol. The van der Waals surface area contributed by atoms with Crippen molar-refractivity contribution in [3.05, 3.63) is 47.7 Å². The Morgan fingerprint density at radius 3 is 3.05 bits per heavy atom. The summed E-state index contributed by atoms with van der Waals surface area (Å²) in [6, 6.07) is 8.09. The van der Waals surface area contributed by atoms with Crippen LogP contribution in [0.5, 0.6) is 0 Å². The van der Waals surface area contributed by atoms with E-state index in [2.05, 4.69) is 26.1 Å². The van der Waals surface area contributed by atoms with Crippen molar-refractivity contribution in [3.63, 3.8) is 0 Å². The Bertz CT molecular complexity index is 770. The second-order valence-electron chi connectivity index (χ2n) is 4.08. The number of benzene rings is 1. The van der Waals surface area contributed by atoms with Gasteiger partial charge in [-0.1, -0.05) is 0 Å². The third kappa shape index (κ3) is 2.46. The van der Waals surface area contributed by atoms with Gasteiger partial charge in [-0.25, -0.2) is 9.78 Å². The van der Waals surface area contributed by atoms with Crippen molar-refractivity contribution in [3.8, 4) is 0 Å². The van der Waals surface area contributed by atoms with Crippen LogP contribution in [0.25, 0.3) is 10.1 Å². The predicted octanol–water partition coefficient (Wildman–Crippen LogP) is 3.22. The normalized spacial score (nSPS) is 10.4. The summed E-state index contributed by atoms with van der Waals surface area (Å²) in [7, 11) is 1.31. The molecule has 6 heteroatoms. The number of hydrogen-bond donors (Lipinski definition) is 1. The average molecular weight is 285 g/mol. The molecule has 0 aliphatic carbocycles. The number of fused-ring (bicyclic) bond motifs is 1. The maximum absolute atomic E-state index is 11.4. The van der Waals surface area contributed by atoms with Crippen LogP contribution in [0.1, 0.15) is 10.5 Å². The van der Waals surface area contributed by atoms with Gasteiger partial charge in [0.1, 0.15) is 5.82 Å². The van der Waals surface area contributed by atoms with E-state index in [4.69, 9.17) is 0 Å². The molecule has 3 rings (SSSR count). The largest absolute Gasteiger partial charge is 0.464 e. The molecule has 0 unspecified atom stereocenters. The fourth-order valence-electron chi connectivity index (χ4n) is 1.82. The third-order valence-electron chi connectivity index (χ3n) is 2.75. The number of rotatable bonds is 3. The first-order valence-corrected chi connectivity index (χ1v) is 6.79. The number of carbonyl (C=O) groups is 1. The van der Waals surface area contributed by atoms with Gasteiger partial charge in [-0.15, -0.1) is 11.3 Å². The molecule has 0 saturated heterocycles. The van der Waals surface area contributed by atoms with Crippen molar-refractivity contribution in [2.24, 2.45) is 0 Å². The van der Waals surface area contributed by atoms with Crippen LogP contribution in [0.15, 0.2) is 42.0 Å². The molecule has 0 amide bonds. The lowest BCUT2D eigenvalue weighted by Crippen LogP contribution is -2.06. The molecule has 0 fully saturated rings. The van der Waals surface area contributed by atoms with E-state index in [0.29, 0.717) is 5.82 Å². The maximum atomic E-state index is 11.4. The summed E-state index contributed by atoms with van der Waals surface area (Å²) in [5.74, 6) is -0.00286. The van der Waals surface area contributed by atoms with Crippen LogP contribution >= 0.6 is 11.3 Å². The molecule has 0 aliphatic heterocycles. The fourth-order valence-corrected chi connectivity index (χ4v) is 2.59. The molecule has 2 aromatic heterocycles. The van der Waals surface area contributed by atoms with E-state index in [1.54, 1.807) is 17.5 Å². The quantitative estimate of drug-likeness (QED) is 0.748. The van der Waals surface area contributed by atoms with Gasteiger partial charge in [-0.3, -0.25) is 4.98 Å². The highest BCUT2D eigenvalue weighted by Crippen LogP contribution is 2.25. The molecule has 0 aliphatic rings. The first-order chi connectivity index (χ1) is 9.76. The topological polar surface area (TPSA) is 64.1 Å². The SMILES string of the molecule is COC(=O)c1cncc(Nc2ccc3sccc3c2)n1. The Balaban J connectivity index is 1.88. The lowest BCUT2D eigenvalue weighted by atomic mass is 10.2. The van der Waals surface area contributed by atoms with E-state index in [9.17, 15) is 4.79 Å². The highest BCUT2D eigenvalue weighted by molar-refractivity contribution is 7.17. The molecule has 2 heterocycles. The zero-order valence-corrected chi connectivity index (χ0v) is 11.5. The van der Waals surface area contributed by atoms with E-state index >= 15 is 0 Å². The molecule has 1 N–H and O–H groups in total. The lowest BCUT2D eigenvalue weighted by molar-refractivity contribution is 0.0593. The van der Waals surface area contributed by atoms with Crippen molar-refractivity contribution < 1.29 is 9.53 Å². The number of methoxy groups -OCH3 is 1. The summed E-state index contributed by atoms with van der Waals surface area (Å²) in [6.07, 6.45) is 2.93. The Hall–Kier alpha value is -2.47. The summed E-state index contributed by atoms with van der Waals surface area (Å²) in [5, 5.41) is 6.34. The lowest BCUT2D eigenvalue weighted by Gasteiger charge is -2.06. The molecule has 0 atom stereocenters. The summed E-state index contributed by atoms with van der Waals surface area (Å²) < 4.78 is 5.85. The van der Waals surface area contributed by atoms with E-state index < -0.39 is 5.97 Å². The second-order valence-corrected chi connectivity index (χ2v) is 5.03. The molecule has 100 valence electrons. The fraction of sp³-hybridized carbons (Fsp3) is 0.0714. The molecule has 3 aromatic rings. The molecule has 0 radical (unpaired) electrons. The summed E-state index contributed by atoms with van der Waals surface area (Å²) >= 11 is 1.69. The number of nitrogens with zero attached hydrogens (tertiary/aromatic N) is 2. The molecule has 0 spiro atoms. The smallest absolute Gasteiger partial charge is 0.358 e. The number of ether oxygens (including phenoxy) is 1. The number of esters is 1. The van der Waals surface area contributed by atoms with Crippen LogP contribution < -0.4 is 5.32 Å². The number of aromatic nitrogens is 2. The number of thiophene rings is 1. The van der Waals surface area contributed by atoms with Crippen LogP contribution in [0.2, 0.25) is 0 Å². The monoisotopic (exact) mass is 285 g/mol. The van der Waals surface area contributed by atoms with Crippen molar-refractivity contribution in [2.45, 2.75) is 0 Å². The zero-order chi connectivity index (χ0) is 13.9. The molecule has 0 bridgehead atoms. The number of carbonyl (C=O) groups excluding carboxylic acids is 1. The van der Waals surface area contributed by atoms with Gasteiger partial charge >= 0.3 is 5.97 Å². The Morgan fingerprint density at radius 2 is 2.20 bits per heavy atom. The first-order valence-electron chi connectivity index (χ1n) is 5.91. The third-order valence-corrected chi connectivity index (χ3v) is 3.65. The van der Waals surface area contributed by atoms with Gasteiger partial charge in [-0.05, 0) is 35.0 Å². The van der Waals surface area contributed by atoms with Gasteiger partial charge in [0.2, 0.25) is 0 Å². The Morgan fingerprint density at radius 1 is 1.30 bits per heavy atom. The number of anilines is 2. The highest BCUT2D eigenvalue weighted by atomic mass is 32.1. The predicted molar refractivity (Wildman–Crippen MR) is 78.5 cm³/mol. The number of nitrogens with one attached hydrogen (secondary N) is 1. The minimum Gasteiger partial charge on any atom is -0.464 e. The summed E-state index contributed by atoms with van der Waals surface area (Å²) in [4.78, 5) is 19.5.